The molecular formula is C19H26N2O4. The summed E-state index contributed by atoms with van der Waals surface area (Å²) in [4.78, 5) is 25.6. The number of carbonyl (C=O) groups excluding carboxylic acids is 2. The second-order valence-electron chi connectivity index (χ2n) is 7.35. The van der Waals surface area contributed by atoms with Crippen LogP contribution in [0.25, 0.3) is 0 Å². The molecule has 1 N–H and O–H groups in total. The van der Waals surface area contributed by atoms with Crippen molar-refractivity contribution >= 4 is 18.1 Å². The minimum Gasteiger partial charge on any atom is -0.459 e. The van der Waals surface area contributed by atoms with Gasteiger partial charge in [-0.25, -0.2) is 0 Å². The van der Waals surface area contributed by atoms with Crippen molar-refractivity contribution in [2.75, 3.05) is 31.6 Å². The van der Waals surface area contributed by atoms with Gasteiger partial charge in [-0.1, -0.05) is 19.9 Å². The number of hydrogen-bond donors (Lipinski definition) is 1. The number of ether oxygens (including phenoxy) is 2. The van der Waals surface area contributed by atoms with Gasteiger partial charge in [0.15, 0.2) is 0 Å². The van der Waals surface area contributed by atoms with E-state index in [2.05, 4.69) is 5.32 Å². The molecule has 6 heteroatoms. The fraction of sp³-hybridized carbons (Fsp3) is 0.579. The Bertz CT molecular complexity index is 655. The van der Waals surface area contributed by atoms with Gasteiger partial charge in [0, 0.05) is 25.2 Å². The van der Waals surface area contributed by atoms with Gasteiger partial charge in [0.05, 0.1) is 13.2 Å². The minimum atomic E-state index is -0.642. The highest BCUT2D eigenvalue weighted by Gasteiger charge is 2.42. The first-order chi connectivity index (χ1) is 11.9. The van der Waals surface area contributed by atoms with Crippen LogP contribution in [-0.4, -0.2) is 49.1 Å². The highest BCUT2D eigenvalue weighted by atomic mass is 16.5. The van der Waals surface area contributed by atoms with Crippen molar-refractivity contribution < 1.29 is 19.1 Å². The van der Waals surface area contributed by atoms with Gasteiger partial charge in [0.25, 0.3) is 6.47 Å². The summed E-state index contributed by atoms with van der Waals surface area (Å²) in [7, 11) is 0. The van der Waals surface area contributed by atoms with Crippen LogP contribution in [0.5, 0.6) is 0 Å². The Morgan fingerprint density at radius 3 is 2.72 bits per heavy atom. The van der Waals surface area contributed by atoms with Gasteiger partial charge in [0.2, 0.25) is 5.91 Å². The molecule has 1 aromatic carbocycles. The molecule has 2 aliphatic heterocycles. The number of nitrogens with one attached hydrogen (secondary N) is 1. The first-order valence-corrected chi connectivity index (χ1v) is 8.82. The Labute approximate surface area is 148 Å². The molecule has 25 heavy (non-hydrogen) atoms. The number of hydrogen-bond acceptors (Lipinski definition) is 5. The molecule has 2 aliphatic rings. The normalized spacial score (nSPS) is 23.8. The van der Waals surface area contributed by atoms with E-state index in [1.54, 1.807) is 0 Å². The number of carbonyl (C=O) groups is 2. The van der Waals surface area contributed by atoms with Crippen LogP contribution in [0, 0.1) is 5.92 Å². The van der Waals surface area contributed by atoms with Crippen molar-refractivity contribution in [2.45, 2.75) is 38.8 Å². The Hall–Kier alpha value is -2.08. The lowest BCUT2D eigenvalue weighted by Gasteiger charge is -2.34. The van der Waals surface area contributed by atoms with Crippen LogP contribution in [-0.2, 0) is 25.5 Å². The molecule has 0 radical (unpaired) electrons. The van der Waals surface area contributed by atoms with E-state index in [9.17, 15) is 9.59 Å². The SMILES string of the molecule is CC(C)C(OC=O)c1ccc2c(c1)CC(C)(C(=O)N1CCOCC1)N2. The molecule has 0 aliphatic carbocycles. The van der Waals surface area contributed by atoms with Crippen LogP contribution in [0.2, 0.25) is 0 Å². The number of nitrogens with zero attached hydrogens (tertiary/aromatic N) is 1. The highest BCUT2D eigenvalue weighted by Crippen LogP contribution is 2.37. The molecule has 1 amide bonds. The lowest BCUT2D eigenvalue weighted by molar-refractivity contribution is -0.139. The van der Waals surface area contributed by atoms with Gasteiger partial charge < -0.3 is 19.7 Å². The number of fused-ring (bicyclic) bond motifs is 1. The molecule has 0 saturated carbocycles. The first-order valence-electron chi connectivity index (χ1n) is 8.82. The number of amides is 1. The Kier molecular flexibility index (Phi) is 4.99. The molecule has 0 aromatic heterocycles. The van der Waals surface area contributed by atoms with Crippen LogP contribution in [0.4, 0.5) is 5.69 Å². The summed E-state index contributed by atoms with van der Waals surface area (Å²) in [5, 5.41) is 3.39. The predicted molar refractivity (Wildman–Crippen MR) is 94.3 cm³/mol. The smallest absolute Gasteiger partial charge is 0.293 e. The maximum atomic E-state index is 13.0. The molecule has 136 valence electrons. The summed E-state index contributed by atoms with van der Waals surface area (Å²) in [5.74, 6) is 0.289. The van der Waals surface area contributed by atoms with Crippen LogP contribution in [0.15, 0.2) is 18.2 Å². The second-order valence-corrected chi connectivity index (χ2v) is 7.35. The Morgan fingerprint density at radius 1 is 1.36 bits per heavy atom. The molecule has 1 saturated heterocycles. The molecule has 0 spiro atoms. The maximum Gasteiger partial charge on any atom is 0.293 e. The summed E-state index contributed by atoms with van der Waals surface area (Å²) in [6, 6.07) is 5.99. The summed E-state index contributed by atoms with van der Waals surface area (Å²) < 4.78 is 10.6. The third-order valence-corrected chi connectivity index (χ3v) is 4.99. The molecule has 1 fully saturated rings. The number of anilines is 1. The minimum absolute atomic E-state index is 0.109. The molecule has 6 nitrogen and oxygen atoms in total. The molecule has 3 rings (SSSR count). The lowest BCUT2D eigenvalue weighted by Crippen LogP contribution is -2.54. The third-order valence-electron chi connectivity index (χ3n) is 4.99. The summed E-state index contributed by atoms with van der Waals surface area (Å²) in [6.07, 6.45) is 0.350. The monoisotopic (exact) mass is 346 g/mol. The van der Waals surface area contributed by atoms with Crippen molar-refractivity contribution in [3.05, 3.63) is 29.3 Å². The average Bonchev–Trinajstić information content (AvgIpc) is 2.96. The van der Waals surface area contributed by atoms with Crippen molar-refractivity contribution in [3.63, 3.8) is 0 Å². The van der Waals surface area contributed by atoms with Gasteiger partial charge >= 0.3 is 0 Å². The predicted octanol–water partition coefficient (Wildman–Crippen LogP) is 2.14. The van der Waals surface area contributed by atoms with E-state index in [4.69, 9.17) is 9.47 Å². The average molecular weight is 346 g/mol. The van der Waals surface area contributed by atoms with Crippen molar-refractivity contribution in [1.82, 2.24) is 4.90 Å². The van der Waals surface area contributed by atoms with Gasteiger partial charge in [-0.05, 0) is 36.1 Å². The standard InChI is InChI=1S/C19H26N2O4/c1-13(2)17(25-12-22)14-4-5-16-15(10-14)11-19(3,20-16)18(23)21-6-8-24-9-7-21/h4-5,10,12-13,17,20H,6-9,11H2,1-3H3. The number of morpholine rings is 1. The van der Waals surface area contributed by atoms with E-state index in [0.717, 1.165) is 16.8 Å². The fourth-order valence-corrected chi connectivity index (χ4v) is 3.71. The first kappa shape index (κ1) is 17.7. The molecule has 2 unspecified atom stereocenters. The molecular weight excluding hydrogens is 320 g/mol. The quantitative estimate of drug-likeness (QED) is 0.828. The van der Waals surface area contributed by atoms with Crippen LogP contribution >= 0.6 is 0 Å². The topological polar surface area (TPSA) is 67.9 Å². The van der Waals surface area contributed by atoms with Crippen LogP contribution < -0.4 is 5.32 Å². The van der Waals surface area contributed by atoms with Gasteiger partial charge in [0.1, 0.15) is 11.6 Å². The molecule has 2 atom stereocenters. The lowest BCUT2D eigenvalue weighted by atomic mass is 9.92. The summed E-state index contributed by atoms with van der Waals surface area (Å²) in [6.45, 7) is 8.96. The van der Waals surface area contributed by atoms with E-state index in [-0.39, 0.29) is 17.9 Å². The summed E-state index contributed by atoms with van der Waals surface area (Å²) in [5.41, 5.74) is 2.38. The van der Waals surface area contributed by atoms with E-state index < -0.39 is 5.54 Å². The van der Waals surface area contributed by atoms with Crippen LogP contribution in [0.3, 0.4) is 0 Å². The second kappa shape index (κ2) is 7.04. The van der Waals surface area contributed by atoms with Crippen molar-refractivity contribution in [3.8, 4) is 0 Å². The zero-order valence-electron chi connectivity index (χ0n) is 15.1. The van der Waals surface area contributed by atoms with Gasteiger partial charge in [-0.3, -0.25) is 9.59 Å². The van der Waals surface area contributed by atoms with E-state index >= 15 is 0 Å². The molecule has 1 aromatic rings. The number of benzene rings is 1. The maximum absolute atomic E-state index is 13.0. The van der Waals surface area contributed by atoms with Gasteiger partial charge in [-0.15, -0.1) is 0 Å². The fourth-order valence-electron chi connectivity index (χ4n) is 3.71. The van der Waals surface area contributed by atoms with E-state index in [0.29, 0.717) is 39.2 Å². The largest absolute Gasteiger partial charge is 0.459 e. The molecule has 0 bridgehead atoms. The number of rotatable bonds is 5. The highest BCUT2D eigenvalue weighted by molar-refractivity contribution is 5.92. The Morgan fingerprint density at radius 2 is 2.08 bits per heavy atom. The Balaban J connectivity index is 1.80. The third kappa shape index (κ3) is 3.49. The van der Waals surface area contributed by atoms with Gasteiger partial charge in [-0.2, -0.15) is 0 Å². The van der Waals surface area contributed by atoms with Crippen molar-refractivity contribution in [1.29, 1.82) is 0 Å². The van der Waals surface area contributed by atoms with Crippen molar-refractivity contribution in [2.24, 2.45) is 5.92 Å². The summed E-state index contributed by atoms with van der Waals surface area (Å²) >= 11 is 0. The van der Waals surface area contributed by atoms with E-state index in [1.165, 1.54) is 0 Å². The zero-order chi connectivity index (χ0) is 18.0. The van der Waals surface area contributed by atoms with Crippen LogP contribution in [0.1, 0.15) is 38.0 Å². The van der Waals surface area contributed by atoms with E-state index in [1.807, 2.05) is 43.9 Å². The molecule has 2 heterocycles. The zero-order valence-corrected chi connectivity index (χ0v) is 15.1.